The lowest BCUT2D eigenvalue weighted by Crippen LogP contribution is -2.47. The molecule has 2 amide bonds. The minimum atomic E-state index is -1.36. The number of aliphatic hydroxyl groups is 1. The van der Waals surface area contributed by atoms with Crippen LogP contribution in [-0.2, 0) is 16.0 Å². The summed E-state index contributed by atoms with van der Waals surface area (Å²) in [5.74, 6) is -1.36. The molecule has 0 saturated heterocycles. The third-order valence-electron chi connectivity index (χ3n) is 3.35. The summed E-state index contributed by atoms with van der Waals surface area (Å²) in [6.45, 7) is 0. The van der Waals surface area contributed by atoms with Crippen LogP contribution >= 0.6 is 11.6 Å². The highest BCUT2D eigenvalue weighted by Gasteiger charge is 2.24. The molecule has 0 radical (unpaired) electrons. The lowest BCUT2D eigenvalue weighted by atomic mass is 10.0. The van der Waals surface area contributed by atoms with Gasteiger partial charge >= 0.3 is 0 Å². The summed E-state index contributed by atoms with van der Waals surface area (Å²) in [6, 6.07) is 14.4. The van der Waals surface area contributed by atoms with Gasteiger partial charge in [-0.15, -0.1) is 0 Å². The number of rotatable bonds is 6. The second-order valence-corrected chi connectivity index (χ2v) is 5.55. The number of nitrogens with one attached hydrogen (secondary N) is 1. The molecule has 0 bridgehead atoms. The van der Waals surface area contributed by atoms with Crippen molar-refractivity contribution >= 4 is 23.4 Å². The Labute approximate surface area is 139 Å². The standard InChI is InChI=1S/C17H17ClN2O3/c18-13-8-4-5-11(9-13)10-14(16(19)22)20-17(23)15(21)12-6-2-1-3-7-12/h1-9,14-15,21H,10H2,(H2,19,22)(H,20,23)/t14-,15-/m0/s1. The third kappa shape index (κ3) is 4.81. The Morgan fingerprint density at radius 2 is 1.83 bits per heavy atom. The van der Waals surface area contributed by atoms with E-state index in [1.807, 2.05) is 0 Å². The normalized spacial score (nSPS) is 13.1. The van der Waals surface area contributed by atoms with Crippen molar-refractivity contribution in [3.05, 3.63) is 70.7 Å². The quantitative estimate of drug-likeness (QED) is 0.750. The van der Waals surface area contributed by atoms with Crippen molar-refractivity contribution in [2.75, 3.05) is 0 Å². The fourth-order valence-electron chi connectivity index (χ4n) is 2.16. The highest BCUT2D eigenvalue weighted by molar-refractivity contribution is 6.30. The first-order valence-electron chi connectivity index (χ1n) is 7.04. The first kappa shape index (κ1) is 17.0. The molecule has 2 rings (SSSR count). The van der Waals surface area contributed by atoms with E-state index in [1.54, 1.807) is 54.6 Å². The average Bonchev–Trinajstić information content (AvgIpc) is 2.54. The summed E-state index contributed by atoms with van der Waals surface area (Å²) in [6.07, 6.45) is -1.17. The maximum absolute atomic E-state index is 12.1. The zero-order valence-electron chi connectivity index (χ0n) is 12.3. The molecule has 0 aromatic heterocycles. The topological polar surface area (TPSA) is 92.4 Å². The fourth-order valence-corrected chi connectivity index (χ4v) is 2.37. The molecular weight excluding hydrogens is 316 g/mol. The van der Waals surface area contributed by atoms with Crippen LogP contribution in [0.1, 0.15) is 17.2 Å². The predicted molar refractivity (Wildman–Crippen MR) is 87.7 cm³/mol. The highest BCUT2D eigenvalue weighted by Crippen LogP contribution is 2.14. The number of halogens is 1. The van der Waals surface area contributed by atoms with Gasteiger partial charge in [-0.3, -0.25) is 9.59 Å². The number of primary amides is 1. The van der Waals surface area contributed by atoms with Gasteiger partial charge in [-0.05, 0) is 23.3 Å². The molecule has 6 heteroatoms. The predicted octanol–water partition coefficient (Wildman–Crippen LogP) is 1.59. The second-order valence-electron chi connectivity index (χ2n) is 5.11. The van der Waals surface area contributed by atoms with E-state index in [4.69, 9.17) is 17.3 Å². The van der Waals surface area contributed by atoms with Crippen molar-refractivity contribution in [1.82, 2.24) is 5.32 Å². The van der Waals surface area contributed by atoms with Crippen LogP contribution in [0.2, 0.25) is 5.02 Å². The molecule has 120 valence electrons. The summed E-state index contributed by atoms with van der Waals surface area (Å²) >= 11 is 5.90. The Morgan fingerprint density at radius 1 is 1.13 bits per heavy atom. The molecule has 0 spiro atoms. The highest BCUT2D eigenvalue weighted by atomic mass is 35.5. The third-order valence-corrected chi connectivity index (χ3v) is 3.59. The molecule has 4 N–H and O–H groups in total. The number of benzene rings is 2. The number of hydrogen-bond acceptors (Lipinski definition) is 3. The van der Waals surface area contributed by atoms with E-state index in [0.717, 1.165) is 5.56 Å². The molecule has 23 heavy (non-hydrogen) atoms. The number of aliphatic hydroxyl groups excluding tert-OH is 1. The van der Waals surface area contributed by atoms with Crippen LogP contribution in [0.15, 0.2) is 54.6 Å². The van der Waals surface area contributed by atoms with Gasteiger partial charge in [0.2, 0.25) is 5.91 Å². The van der Waals surface area contributed by atoms with Crippen LogP contribution in [0.25, 0.3) is 0 Å². The average molecular weight is 333 g/mol. The van der Waals surface area contributed by atoms with E-state index in [0.29, 0.717) is 10.6 Å². The zero-order valence-corrected chi connectivity index (χ0v) is 13.0. The van der Waals surface area contributed by atoms with Crippen molar-refractivity contribution in [2.24, 2.45) is 5.73 Å². The van der Waals surface area contributed by atoms with Crippen molar-refractivity contribution in [1.29, 1.82) is 0 Å². The Balaban J connectivity index is 2.07. The molecule has 0 aliphatic rings. The van der Waals surface area contributed by atoms with Crippen molar-refractivity contribution in [3.8, 4) is 0 Å². The van der Waals surface area contributed by atoms with Gasteiger partial charge in [0.15, 0.2) is 6.10 Å². The molecule has 2 atom stereocenters. The Morgan fingerprint density at radius 3 is 2.43 bits per heavy atom. The van der Waals surface area contributed by atoms with Gasteiger partial charge in [-0.25, -0.2) is 0 Å². The molecule has 2 aromatic carbocycles. The van der Waals surface area contributed by atoms with Crippen LogP contribution in [0.3, 0.4) is 0 Å². The summed E-state index contributed by atoms with van der Waals surface area (Å²) in [7, 11) is 0. The minimum absolute atomic E-state index is 0.198. The van der Waals surface area contributed by atoms with Gasteiger partial charge in [0.1, 0.15) is 6.04 Å². The Kier molecular flexibility index (Phi) is 5.73. The zero-order chi connectivity index (χ0) is 16.8. The number of amides is 2. The number of nitrogens with two attached hydrogens (primary N) is 1. The van der Waals surface area contributed by atoms with Crippen LogP contribution in [-0.4, -0.2) is 23.0 Å². The number of carbonyl (C=O) groups is 2. The SMILES string of the molecule is NC(=O)[C@H](Cc1cccc(Cl)c1)NC(=O)[C@@H](O)c1ccccc1. The Bertz CT molecular complexity index is 691. The minimum Gasteiger partial charge on any atom is -0.378 e. The molecular formula is C17H17ClN2O3. The maximum Gasteiger partial charge on any atom is 0.254 e. The van der Waals surface area contributed by atoms with Crippen LogP contribution in [0.5, 0.6) is 0 Å². The second kappa shape index (κ2) is 7.76. The first-order valence-corrected chi connectivity index (χ1v) is 7.42. The molecule has 0 aliphatic heterocycles. The monoisotopic (exact) mass is 332 g/mol. The van der Waals surface area contributed by atoms with E-state index in [2.05, 4.69) is 5.32 Å². The molecule has 2 aromatic rings. The summed E-state index contributed by atoms with van der Waals surface area (Å²) < 4.78 is 0. The van der Waals surface area contributed by atoms with E-state index in [1.165, 1.54) is 0 Å². The molecule has 0 unspecified atom stereocenters. The van der Waals surface area contributed by atoms with Crippen LogP contribution < -0.4 is 11.1 Å². The van der Waals surface area contributed by atoms with Gasteiger partial charge in [-0.2, -0.15) is 0 Å². The van der Waals surface area contributed by atoms with Crippen LogP contribution in [0, 0.1) is 0 Å². The van der Waals surface area contributed by atoms with E-state index in [9.17, 15) is 14.7 Å². The van der Waals surface area contributed by atoms with Gasteiger partial charge in [-0.1, -0.05) is 54.1 Å². The molecule has 0 heterocycles. The van der Waals surface area contributed by atoms with Gasteiger partial charge in [0.05, 0.1) is 0 Å². The summed E-state index contributed by atoms with van der Waals surface area (Å²) in [4.78, 5) is 23.7. The van der Waals surface area contributed by atoms with E-state index < -0.39 is 24.0 Å². The van der Waals surface area contributed by atoms with Gasteiger partial charge in [0, 0.05) is 11.4 Å². The first-order chi connectivity index (χ1) is 11.0. The smallest absolute Gasteiger partial charge is 0.254 e. The number of hydrogen-bond donors (Lipinski definition) is 3. The molecule has 0 aliphatic carbocycles. The maximum atomic E-state index is 12.1. The summed E-state index contributed by atoms with van der Waals surface area (Å²) in [5.41, 5.74) is 6.54. The van der Waals surface area contributed by atoms with Crippen molar-refractivity contribution in [3.63, 3.8) is 0 Å². The molecule has 0 fully saturated rings. The van der Waals surface area contributed by atoms with Crippen LogP contribution in [0.4, 0.5) is 0 Å². The van der Waals surface area contributed by atoms with E-state index in [-0.39, 0.29) is 6.42 Å². The van der Waals surface area contributed by atoms with E-state index >= 15 is 0 Å². The van der Waals surface area contributed by atoms with Gasteiger partial charge < -0.3 is 16.2 Å². The largest absolute Gasteiger partial charge is 0.378 e. The Hall–Kier alpha value is -2.37. The van der Waals surface area contributed by atoms with Gasteiger partial charge in [0.25, 0.3) is 5.91 Å². The molecule has 5 nitrogen and oxygen atoms in total. The lowest BCUT2D eigenvalue weighted by Gasteiger charge is -2.18. The lowest BCUT2D eigenvalue weighted by molar-refractivity contribution is -0.133. The fraction of sp³-hybridized carbons (Fsp3) is 0.176. The number of carbonyl (C=O) groups excluding carboxylic acids is 2. The van der Waals surface area contributed by atoms with Crippen molar-refractivity contribution < 1.29 is 14.7 Å². The summed E-state index contributed by atoms with van der Waals surface area (Å²) in [5, 5.41) is 13.0. The van der Waals surface area contributed by atoms with Crippen molar-refractivity contribution in [2.45, 2.75) is 18.6 Å². The molecule has 0 saturated carbocycles.